The van der Waals surface area contributed by atoms with Crippen LogP contribution in [0.25, 0.3) is 0 Å². The third-order valence-electron chi connectivity index (χ3n) is 2.80. The first-order valence-corrected chi connectivity index (χ1v) is 7.62. The Morgan fingerprint density at radius 1 is 1.10 bits per heavy atom. The van der Waals surface area contributed by atoms with Gasteiger partial charge in [0.1, 0.15) is 0 Å². The lowest BCUT2D eigenvalue weighted by molar-refractivity contribution is 0.102. The molecule has 0 bridgehead atoms. The molecular weight excluding hydrogens is 290 g/mol. The number of carbonyl (C=O) groups is 1. The summed E-state index contributed by atoms with van der Waals surface area (Å²) in [6.45, 7) is 1.84. The highest BCUT2D eigenvalue weighted by atomic mass is 32.2. The maximum atomic E-state index is 12.1. The van der Waals surface area contributed by atoms with Crippen LogP contribution in [0.1, 0.15) is 15.9 Å². The van der Waals surface area contributed by atoms with E-state index in [1.807, 2.05) is 6.92 Å². The molecule has 0 heterocycles. The smallest absolute Gasteiger partial charge is 0.255 e. The van der Waals surface area contributed by atoms with E-state index in [9.17, 15) is 13.2 Å². The molecule has 2 aromatic carbocycles. The van der Waals surface area contributed by atoms with Crippen molar-refractivity contribution in [1.82, 2.24) is 0 Å². The fraction of sp³-hybridized carbons (Fsp3) is 0.0714. The molecule has 21 heavy (non-hydrogen) atoms. The maximum Gasteiger partial charge on any atom is 0.255 e. The van der Waals surface area contributed by atoms with Gasteiger partial charge in [-0.3, -0.25) is 4.79 Å². The van der Waals surface area contributed by atoms with Gasteiger partial charge in [-0.25, -0.2) is 13.6 Å². The molecule has 0 aliphatic heterocycles. The molecule has 0 aromatic heterocycles. The van der Waals surface area contributed by atoms with Gasteiger partial charge in [0.15, 0.2) is 0 Å². The van der Waals surface area contributed by atoms with Crippen LogP contribution in [0.15, 0.2) is 47.4 Å². The topological polar surface area (TPSA) is 115 Å². The van der Waals surface area contributed by atoms with Crippen LogP contribution in [0.5, 0.6) is 0 Å². The summed E-state index contributed by atoms with van der Waals surface area (Å²) in [4.78, 5) is 12.1. The first kappa shape index (κ1) is 15.0. The summed E-state index contributed by atoms with van der Waals surface area (Å²) in [6.07, 6.45) is 0. The number of rotatable bonds is 3. The summed E-state index contributed by atoms with van der Waals surface area (Å²) in [5.41, 5.74) is 7.98. The highest BCUT2D eigenvalue weighted by Crippen LogP contribution is 2.16. The third kappa shape index (κ3) is 3.80. The van der Waals surface area contributed by atoms with Crippen molar-refractivity contribution in [2.45, 2.75) is 11.8 Å². The van der Waals surface area contributed by atoms with Crippen molar-refractivity contribution in [3.05, 3.63) is 53.6 Å². The zero-order chi connectivity index (χ0) is 15.6. The molecule has 0 aliphatic carbocycles. The quantitative estimate of drug-likeness (QED) is 0.745. The Bertz CT molecular complexity index is 763. The molecule has 2 rings (SSSR count). The van der Waals surface area contributed by atoms with Crippen LogP contribution in [0, 0.1) is 6.92 Å². The number of nitrogens with two attached hydrogens (primary N) is 2. The van der Waals surface area contributed by atoms with Gasteiger partial charge < -0.3 is 11.1 Å². The number of amides is 1. The van der Waals surface area contributed by atoms with Crippen LogP contribution in [0.2, 0.25) is 0 Å². The van der Waals surface area contributed by atoms with Crippen LogP contribution >= 0.6 is 0 Å². The molecule has 0 saturated carbocycles. The Hall–Kier alpha value is -2.38. The zero-order valence-corrected chi connectivity index (χ0v) is 12.1. The molecule has 0 fully saturated rings. The van der Waals surface area contributed by atoms with E-state index in [4.69, 9.17) is 10.9 Å². The largest absolute Gasteiger partial charge is 0.399 e. The van der Waals surface area contributed by atoms with Gasteiger partial charge in [0.05, 0.1) is 4.90 Å². The van der Waals surface area contributed by atoms with E-state index in [0.29, 0.717) is 16.9 Å². The molecule has 6 nitrogen and oxygen atoms in total. The molecule has 0 radical (unpaired) electrons. The van der Waals surface area contributed by atoms with Crippen molar-refractivity contribution in [3.8, 4) is 0 Å². The summed E-state index contributed by atoms with van der Waals surface area (Å²) in [7, 11) is -3.74. The second-order valence-electron chi connectivity index (χ2n) is 4.66. The Balaban J connectivity index is 2.20. The average molecular weight is 305 g/mol. The number of hydrogen-bond donors (Lipinski definition) is 3. The van der Waals surface area contributed by atoms with Crippen LogP contribution in [-0.2, 0) is 10.0 Å². The third-order valence-corrected chi connectivity index (χ3v) is 3.73. The minimum Gasteiger partial charge on any atom is -0.399 e. The zero-order valence-electron chi connectivity index (χ0n) is 11.3. The number of hydrogen-bond acceptors (Lipinski definition) is 4. The number of sulfonamides is 1. The van der Waals surface area contributed by atoms with Gasteiger partial charge in [0.25, 0.3) is 5.91 Å². The fourth-order valence-corrected chi connectivity index (χ4v) is 2.39. The standard InChI is InChI=1S/C14H15N3O3S/c1-9-6-10(8-11(15)7-9)14(18)17-12-2-4-13(5-3-12)21(16,19)20/h2-8H,15H2,1H3,(H,17,18)(H2,16,19,20). The second-order valence-corrected chi connectivity index (χ2v) is 6.22. The highest BCUT2D eigenvalue weighted by molar-refractivity contribution is 7.89. The molecule has 7 heteroatoms. The monoisotopic (exact) mass is 305 g/mol. The highest BCUT2D eigenvalue weighted by Gasteiger charge is 2.10. The number of benzene rings is 2. The molecule has 0 saturated heterocycles. The van der Waals surface area contributed by atoms with E-state index >= 15 is 0 Å². The van der Waals surface area contributed by atoms with Crippen molar-refractivity contribution < 1.29 is 13.2 Å². The molecule has 110 valence electrons. The second kappa shape index (κ2) is 5.55. The van der Waals surface area contributed by atoms with Crippen molar-refractivity contribution in [2.24, 2.45) is 5.14 Å². The predicted octanol–water partition coefficient (Wildman–Crippen LogP) is 1.48. The molecular formula is C14H15N3O3S. The number of carbonyl (C=O) groups excluding carboxylic acids is 1. The molecule has 0 unspecified atom stereocenters. The van der Waals surface area contributed by atoms with Gasteiger partial charge in [-0.1, -0.05) is 0 Å². The fourth-order valence-electron chi connectivity index (χ4n) is 1.88. The van der Waals surface area contributed by atoms with E-state index in [2.05, 4.69) is 5.32 Å². The lowest BCUT2D eigenvalue weighted by atomic mass is 10.1. The van der Waals surface area contributed by atoms with Crippen molar-refractivity contribution in [3.63, 3.8) is 0 Å². The normalized spacial score (nSPS) is 11.1. The number of aryl methyl sites for hydroxylation is 1. The van der Waals surface area contributed by atoms with Crippen molar-refractivity contribution >= 4 is 27.3 Å². The first-order chi connectivity index (χ1) is 9.75. The predicted molar refractivity (Wildman–Crippen MR) is 81.4 cm³/mol. The Kier molecular flexibility index (Phi) is 3.97. The molecule has 1 amide bonds. The van der Waals surface area contributed by atoms with Crippen LogP contribution in [0.4, 0.5) is 11.4 Å². The molecule has 0 aliphatic rings. The van der Waals surface area contributed by atoms with Crippen LogP contribution in [-0.4, -0.2) is 14.3 Å². The van der Waals surface area contributed by atoms with Gasteiger partial charge in [-0.05, 0) is 55.0 Å². The Morgan fingerprint density at radius 3 is 2.24 bits per heavy atom. The minimum absolute atomic E-state index is 0.0136. The van der Waals surface area contributed by atoms with E-state index in [1.54, 1.807) is 18.2 Å². The average Bonchev–Trinajstić information content (AvgIpc) is 2.37. The van der Waals surface area contributed by atoms with E-state index in [1.165, 1.54) is 24.3 Å². The van der Waals surface area contributed by atoms with Gasteiger partial charge in [0, 0.05) is 16.9 Å². The summed E-state index contributed by atoms with van der Waals surface area (Å²) in [5, 5.41) is 7.66. The Morgan fingerprint density at radius 2 is 1.71 bits per heavy atom. The van der Waals surface area contributed by atoms with Crippen LogP contribution < -0.4 is 16.2 Å². The summed E-state index contributed by atoms with van der Waals surface area (Å²) >= 11 is 0. The lowest BCUT2D eigenvalue weighted by Crippen LogP contribution is -2.14. The molecule has 0 atom stereocenters. The molecule has 2 aromatic rings. The SMILES string of the molecule is Cc1cc(N)cc(C(=O)Nc2ccc(S(N)(=O)=O)cc2)c1. The number of anilines is 2. The molecule has 5 N–H and O–H groups in total. The minimum atomic E-state index is -3.74. The summed E-state index contributed by atoms with van der Waals surface area (Å²) in [6, 6.07) is 10.6. The Labute approximate surface area is 122 Å². The lowest BCUT2D eigenvalue weighted by Gasteiger charge is -2.07. The van der Waals surface area contributed by atoms with Crippen molar-refractivity contribution in [1.29, 1.82) is 0 Å². The van der Waals surface area contributed by atoms with Gasteiger partial charge >= 0.3 is 0 Å². The molecule has 0 spiro atoms. The summed E-state index contributed by atoms with van der Waals surface area (Å²) in [5.74, 6) is -0.325. The van der Waals surface area contributed by atoms with Crippen molar-refractivity contribution in [2.75, 3.05) is 11.1 Å². The first-order valence-electron chi connectivity index (χ1n) is 6.07. The van der Waals surface area contributed by atoms with Crippen LogP contribution in [0.3, 0.4) is 0 Å². The number of nitrogens with one attached hydrogen (secondary N) is 1. The number of primary sulfonamides is 1. The van der Waals surface area contributed by atoms with Gasteiger partial charge in [0.2, 0.25) is 10.0 Å². The van der Waals surface area contributed by atoms with E-state index in [0.717, 1.165) is 5.56 Å². The van der Waals surface area contributed by atoms with E-state index in [-0.39, 0.29) is 10.8 Å². The van der Waals surface area contributed by atoms with Gasteiger partial charge in [-0.2, -0.15) is 0 Å². The maximum absolute atomic E-state index is 12.1. The van der Waals surface area contributed by atoms with E-state index < -0.39 is 10.0 Å². The number of nitrogen functional groups attached to an aromatic ring is 1. The summed E-state index contributed by atoms with van der Waals surface area (Å²) < 4.78 is 22.3. The van der Waals surface area contributed by atoms with Gasteiger partial charge in [-0.15, -0.1) is 0 Å².